The van der Waals surface area contributed by atoms with Crippen molar-refractivity contribution in [1.29, 1.82) is 0 Å². The van der Waals surface area contributed by atoms with Gasteiger partial charge in [0.25, 0.3) is 0 Å². The number of rotatable bonds is 7. The molecule has 0 fully saturated rings. The van der Waals surface area contributed by atoms with Gasteiger partial charge in [-0.2, -0.15) is 18.3 Å². The van der Waals surface area contributed by atoms with E-state index in [2.05, 4.69) is 25.5 Å². The van der Waals surface area contributed by atoms with Crippen LogP contribution in [0.15, 0.2) is 17.3 Å². The van der Waals surface area contributed by atoms with Crippen LogP contribution < -0.4 is 10.6 Å². The highest BCUT2D eigenvalue weighted by molar-refractivity contribution is 14.0. The van der Waals surface area contributed by atoms with E-state index in [4.69, 9.17) is 0 Å². The molecule has 0 spiro atoms. The van der Waals surface area contributed by atoms with Crippen LogP contribution in [0.2, 0.25) is 0 Å². The number of ether oxygens (including phenoxy) is 1. The van der Waals surface area contributed by atoms with Gasteiger partial charge in [0.05, 0.1) is 12.2 Å². The van der Waals surface area contributed by atoms with Crippen LogP contribution >= 0.6 is 24.0 Å². The monoisotopic (exact) mass is 435 g/mol. The van der Waals surface area contributed by atoms with Gasteiger partial charge in [-0.3, -0.25) is 9.67 Å². The molecule has 1 aromatic rings. The van der Waals surface area contributed by atoms with Crippen molar-refractivity contribution in [2.75, 3.05) is 26.8 Å². The molecule has 0 saturated heterocycles. The molecule has 0 aliphatic rings. The number of aromatic nitrogens is 2. The Morgan fingerprint density at radius 2 is 2.14 bits per heavy atom. The first kappa shape index (κ1) is 21.0. The molecule has 10 heteroatoms. The van der Waals surface area contributed by atoms with Gasteiger partial charge in [-0.05, 0) is 12.5 Å². The average molecular weight is 435 g/mol. The summed E-state index contributed by atoms with van der Waals surface area (Å²) < 4.78 is 41.8. The van der Waals surface area contributed by atoms with Gasteiger partial charge in [-0.1, -0.05) is 0 Å². The van der Waals surface area contributed by atoms with E-state index >= 15 is 0 Å². The van der Waals surface area contributed by atoms with E-state index in [0.717, 1.165) is 5.69 Å². The van der Waals surface area contributed by atoms with Crippen molar-refractivity contribution in [3.63, 3.8) is 0 Å². The Kier molecular flexibility index (Phi) is 10.1. The first-order valence-corrected chi connectivity index (χ1v) is 6.48. The van der Waals surface area contributed by atoms with E-state index in [0.29, 0.717) is 25.5 Å². The summed E-state index contributed by atoms with van der Waals surface area (Å²) in [5, 5.41) is 10.1. The molecule has 0 bridgehead atoms. The summed E-state index contributed by atoms with van der Waals surface area (Å²) in [6.45, 7) is -0.130. The second-order valence-electron chi connectivity index (χ2n) is 4.32. The third kappa shape index (κ3) is 9.07. The SMILES string of the molecule is CN=C(NCCCOCC(F)(F)F)NCc1ccnn1C.I. The molecular formula is C12H21F3IN5O. The predicted octanol–water partition coefficient (Wildman–Crippen LogP) is 1.67. The molecule has 0 aromatic carbocycles. The summed E-state index contributed by atoms with van der Waals surface area (Å²) in [6, 6.07) is 1.88. The Balaban J connectivity index is 0.00000441. The maximum Gasteiger partial charge on any atom is 0.411 e. The van der Waals surface area contributed by atoms with Crippen LogP contribution in [0.3, 0.4) is 0 Å². The molecule has 0 atom stereocenters. The first-order chi connectivity index (χ1) is 9.92. The lowest BCUT2D eigenvalue weighted by Gasteiger charge is -2.12. The summed E-state index contributed by atoms with van der Waals surface area (Å²) in [6.07, 6.45) is -2.11. The van der Waals surface area contributed by atoms with Crippen LogP contribution in [-0.2, 0) is 18.3 Å². The van der Waals surface area contributed by atoms with E-state index < -0.39 is 12.8 Å². The first-order valence-electron chi connectivity index (χ1n) is 6.48. The second-order valence-corrected chi connectivity index (χ2v) is 4.32. The molecule has 22 heavy (non-hydrogen) atoms. The topological polar surface area (TPSA) is 63.5 Å². The molecule has 0 radical (unpaired) electrons. The van der Waals surface area contributed by atoms with E-state index in [-0.39, 0.29) is 30.6 Å². The minimum atomic E-state index is -4.27. The van der Waals surface area contributed by atoms with E-state index in [1.807, 2.05) is 13.1 Å². The maximum absolute atomic E-state index is 11.8. The van der Waals surface area contributed by atoms with Crippen LogP contribution in [0.1, 0.15) is 12.1 Å². The molecule has 0 aliphatic carbocycles. The van der Waals surface area contributed by atoms with Crippen LogP contribution in [0, 0.1) is 0 Å². The minimum Gasteiger partial charge on any atom is -0.372 e. The van der Waals surface area contributed by atoms with E-state index in [1.54, 1.807) is 17.9 Å². The summed E-state index contributed by atoms with van der Waals surface area (Å²) in [5.74, 6) is 0.576. The summed E-state index contributed by atoms with van der Waals surface area (Å²) in [7, 11) is 3.46. The van der Waals surface area contributed by atoms with E-state index in [1.165, 1.54) is 0 Å². The van der Waals surface area contributed by atoms with Crippen LogP contribution in [0.5, 0.6) is 0 Å². The summed E-state index contributed by atoms with van der Waals surface area (Å²) in [5.41, 5.74) is 0.992. The zero-order chi connectivity index (χ0) is 15.7. The fraction of sp³-hybridized carbons (Fsp3) is 0.667. The Hall–Kier alpha value is -1.04. The average Bonchev–Trinajstić information content (AvgIpc) is 2.81. The van der Waals surface area contributed by atoms with Gasteiger partial charge in [0, 0.05) is 33.4 Å². The van der Waals surface area contributed by atoms with E-state index in [9.17, 15) is 13.2 Å². The van der Waals surface area contributed by atoms with Crippen molar-refractivity contribution in [2.24, 2.45) is 12.0 Å². The third-order valence-electron chi connectivity index (χ3n) is 2.61. The number of hydrogen-bond acceptors (Lipinski definition) is 3. The normalized spacial score (nSPS) is 12.0. The molecule has 6 nitrogen and oxygen atoms in total. The molecule has 2 N–H and O–H groups in total. The molecule has 1 aromatic heterocycles. The van der Waals surface area contributed by atoms with Crippen molar-refractivity contribution in [1.82, 2.24) is 20.4 Å². The third-order valence-corrected chi connectivity index (χ3v) is 2.61. The van der Waals surface area contributed by atoms with Crippen molar-refractivity contribution >= 4 is 29.9 Å². The largest absolute Gasteiger partial charge is 0.411 e. The standard InChI is InChI=1S/C12H20F3N5O.HI/c1-16-11(18-8-10-4-6-19-20(10)2)17-5-3-7-21-9-12(13,14)15;/h4,6H,3,5,7-9H2,1-2H3,(H2,16,17,18);1H. The lowest BCUT2D eigenvalue weighted by molar-refractivity contribution is -0.173. The van der Waals surface area contributed by atoms with Gasteiger partial charge in [0.2, 0.25) is 0 Å². The number of alkyl halides is 3. The number of guanidine groups is 1. The van der Waals surface area contributed by atoms with Gasteiger partial charge >= 0.3 is 6.18 Å². The van der Waals surface area contributed by atoms with Crippen molar-refractivity contribution in [2.45, 2.75) is 19.1 Å². The maximum atomic E-state index is 11.8. The molecule has 0 saturated carbocycles. The molecule has 0 unspecified atom stereocenters. The fourth-order valence-electron chi connectivity index (χ4n) is 1.54. The Bertz CT molecular complexity index is 450. The molecule has 1 rings (SSSR count). The van der Waals surface area contributed by atoms with Gasteiger partial charge < -0.3 is 15.4 Å². The fourth-order valence-corrected chi connectivity index (χ4v) is 1.54. The number of aliphatic imine (C=N–C) groups is 1. The number of halogens is 4. The van der Waals surface area contributed by atoms with Gasteiger partial charge in [-0.25, -0.2) is 0 Å². The number of nitrogens with zero attached hydrogens (tertiary/aromatic N) is 3. The zero-order valence-corrected chi connectivity index (χ0v) is 14.8. The number of aryl methyl sites for hydroxylation is 1. The summed E-state index contributed by atoms with van der Waals surface area (Å²) >= 11 is 0. The quantitative estimate of drug-likeness (QED) is 0.296. The van der Waals surface area contributed by atoms with Crippen LogP contribution in [-0.4, -0.2) is 48.7 Å². The smallest absolute Gasteiger partial charge is 0.372 e. The second kappa shape index (κ2) is 10.6. The molecule has 0 aliphatic heterocycles. The molecule has 1 heterocycles. The van der Waals surface area contributed by atoms with Crippen molar-refractivity contribution in [3.05, 3.63) is 18.0 Å². The van der Waals surface area contributed by atoms with Gasteiger partial charge in [-0.15, -0.1) is 24.0 Å². The van der Waals surface area contributed by atoms with Gasteiger partial charge in [0.15, 0.2) is 5.96 Å². The van der Waals surface area contributed by atoms with Crippen molar-refractivity contribution < 1.29 is 17.9 Å². The molecule has 0 amide bonds. The number of nitrogens with one attached hydrogen (secondary N) is 2. The zero-order valence-electron chi connectivity index (χ0n) is 12.5. The Morgan fingerprint density at radius 1 is 1.41 bits per heavy atom. The highest BCUT2D eigenvalue weighted by Gasteiger charge is 2.27. The molecule has 128 valence electrons. The Morgan fingerprint density at radius 3 is 2.68 bits per heavy atom. The Labute approximate surface area is 144 Å². The predicted molar refractivity (Wildman–Crippen MR) is 88.3 cm³/mol. The lowest BCUT2D eigenvalue weighted by atomic mass is 10.4. The lowest BCUT2D eigenvalue weighted by Crippen LogP contribution is -2.38. The van der Waals surface area contributed by atoms with Gasteiger partial charge in [0.1, 0.15) is 6.61 Å². The highest BCUT2D eigenvalue weighted by Crippen LogP contribution is 2.14. The van der Waals surface area contributed by atoms with Crippen LogP contribution in [0.4, 0.5) is 13.2 Å². The number of hydrogen-bond donors (Lipinski definition) is 2. The minimum absolute atomic E-state index is 0. The van der Waals surface area contributed by atoms with Crippen molar-refractivity contribution in [3.8, 4) is 0 Å². The summed E-state index contributed by atoms with van der Waals surface area (Å²) in [4.78, 5) is 4.02. The highest BCUT2D eigenvalue weighted by atomic mass is 127. The van der Waals surface area contributed by atoms with Crippen LogP contribution in [0.25, 0.3) is 0 Å². The molecular weight excluding hydrogens is 414 g/mol.